The minimum atomic E-state index is -0.359. The average molecular weight is 406 g/mol. The van der Waals surface area contributed by atoms with Crippen molar-refractivity contribution in [3.8, 4) is 11.5 Å². The summed E-state index contributed by atoms with van der Waals surface area (Å²) < 4.78 is 10.9. The number of carbonyl (C=O) groups is 2. The summed E-state index contributed by atoms with van der Waals surface area (Å²) >= 11 is 0. The van der Waals surface area contributed by atoms with Gasteiger partial charge in [0, 0.05) is 19.0 Å². The number of nitrogens with one attached hydrogen (secondary N) is 1. The molecule has 2 heterocycles. The number of hydrogen-bond acceptors (Lipinski definition) is 4. The maximum atomic E-state index is 12.8. The molecule has 156 valence electrons. The highest BCUT2D eigenvalue weighted by molar-refractivity contribution is 5.81. The number of alkyl carbamates (subject to hydrolysis) is 1. The molecular formula is C24H26N2O4. The lowest BCUT2D eigenvalue weighted by Crippen LogP contribution is -2.58. The van der Waals surface area contributed by atoms with Crippen molar-refractivity contribution < 1.29 is 19.1 Å². The summed E-state index contributed by atoms with van der Waals surface area (Å²) in [6, 6.07) is 18.1. The van der Waals surface area contributed by atoms with Crippen molar-refractivity contribution in [3.05, 3.63) is 60.2 Å². The fourth-order valence-corrected chi connectivity index (χ4v) is 4.89. The first kappa shape index (κ1) is 19.0. The topological polar surface area (TPSA) is 67.9 Å². The van der Waals surface area contributed by atoms with E-state index in [2.05, 4.69) is 17.4 Å². The zero-order valence-corrected chi connectivity index (χ0v) is 16.9. The molecule has 0 aromatic heterocycles. The summed E-state index contributed by atoms with van der Waals surface area (Å²) in [6.45, 7) is 1.97. The van der Waals surface area contributed by atoms with Gasteiger partial charge in [-0.15, -0.1) is 0 Å². The molecule has 1 aliphatic carbocycles. The molecule has 2 aliphatic heterocycles. The monoisotopic (exact) mass is 406 g/mol. The number of carbonyl (C=O) groups excluding carboxylic acids is 2. The Morgan fingerprint density at radius 1 is 1.00 bits per heavy atom. The Bertz CT molecular complexity index is 914. The van der Waals surface area contributed by atoms with E-state index in [-0.39, 0.29) is 23.5 Å². The number of benzene rings is 2. The van der Waals surface area contributed by atoms with Crippen molar-refractivity contribution in [1.29, 1.82) is 0 Å². The number of rotatable bonds is 4. The molecule has 1 spiro atoms. The molecular weight excluding hydrogens is 380 g/mol. The normalized spacial score (nSPS) is 26.1. The van der Waals surface area contributed by atoms with Gasteiger partial charge in [0.2, 0.25) is 5.91 Å². The van der Waals surface area contributed by atoms with Crippen LogP contribution in [0.4, 0.5) is 4.79 Å². The van der Waals surface area contributed by atoms with E-state index in [9.17, 15) is 9.59 Å². The number of nitrogens with zero attached hydrogens (tertiary/aromatic N) is 1. The average Bonchev–Trinajstić information content (AvgIpc) is 3.16. The third-order valence-electron chi connectivity index (χ3n) is 6.61. The summed E-state index contributed by atoms with van der Waals surface area (Å²) in [6.07, 6.45) is 2.98. The van der Waals surface area contributed by atoms with Gasteiger partial charge < -0.3 is 19.7 Å². The van der Waals surface area contributed by atoms with Crippen molar-refractivity contribution in [2.45, 2.75) is 37.1 Å². The SMILES string of the molecule is O=C1N[C@]2(CO1)C[C@H](C(=O)N1CCC(c3ccc(Oc4ccccc4)cc3)CC1)C2. The molecule has 5 rings (SSSR count). The Kier molecular flexibility index (Phi) is 4.85. The molecule has 2 saturated heterocycles. The molecule has 3 fully saturated rings. The van der Waals surface area contributed by atoms with Crippen LogP contribution in [0.1, 0.15) is 37.2 Å². The predicted molar refractivity (Wildman–Crippen MR) is 111 cm³/mol. The van der Waals surface area contributed by atoms with Gasteiger partial charge in [-0.25, -0.2) is 4.79 Å². The van der Waals surface area contributed by atoms with E-state index in [0.717, 1.165) is 37.4 Å². The van der Waals surface area contributed by atoms with Crippen LogP contribution >= 0.6 is 0 Å². The minimum Gasteiger partial charge on any atom is -0.457 e. The first-order chi connectivity index (χ1) is 14.6. The third-order valence-corrected chi connectivity index (χ3v) is 6.61. The number of likely N-dealkylation sites (tertiary alicyclic amines) is 1. The quantitative estimate of drug-likeness (QED) is 0.831. The largest absolute Gasteiger partial charge is 0.457 e. The zero-order valence-electron chi connectivity index (χ0n) is 16.9. The lowest BCUT2D eigenvalue weighted by Gasteiger charge is -2.45. The molecule has 2 aromatic carbocycles. The first-order valence-corrected chi connectivity index (χ1v) is 10.7. The minimum absolute atomic E-state index is 0.0120. The molecule has 1 saturated carbocycles. The van der Waals surface area contributed by atoms with Crippen LogP contribution < -0.4 is 10.1 Å². The van der Waals surface area contributed by atoms with Crippen LogP contribution in [0, 0.1) is 5.92 Å². The molecule has 30 heavy (non-hydrogen) atoms. The van der Waals surface area contributed by atoms with Gasteiger partial charge in [-0.05, 0) is 61.4 Å². The van der Waals surface area contributed by atoms with Crippen molar-refractivity contribution in [3.63, 3.8) is 0 Å². The summed E-state index contributed by atoms with van der Waals surface area (Å²) in [7, 11) is 0. The Hall–Kier alpha value is -3.02. The van der Waals surface area contributed by atoms with E-state index < -0.39 is 0 Å². The van der Waals surface area contributed by atoms with Gasteiger partial charge in [0.15, 0.2) is 0 Å². The van der Waals surface area contributed by atoms with Crippen molar-refractivity contribution in [1.82, 2.24) is 10.2 Å². The second-order valence-electron chi connectivity index (χ2n) is 8.67. The van der Waals surface area contributed by atoms with Gasteiger partial charge in [0.25, 0.3) is 0 Å². The van der Waals surface area contributed by atoms with Crippen LogP contribution in [0.3, 0.4) is 0 Å². The highest BCUT2D eigenvalue weighted by Gasteiger charge is 2.53. The fourth-order valence-electron chi connectivity index (χ4n) is 4.89. The fraction of sp³-hybridized carbons (Fsp3) is 0.417. The number of cyclic esters (lactones) is 1. The molecule has 0 radical (unpaired) electrons. The van der Waals surface area contributed by atoms with Crippen molar-refractivity contribution >= 4 is 12.0 Å². The summed E-state index contributed by atoms with van der Waals surface area (Å²) in [5.74, 6) is 2.37. The Balaban J connectivity index is 1.12. The number of para-hydroxylation sites is 1. The lowest BCUT2D eigenvalue weighted by molar-refractivity contribution is -0.142. The van der Waals surface area contributed by atoms with E-state index in [1.165, 1.54) is 5.56 Å². The van der Waals surface area contributed by atoms with Gasteiger partial charge in [-0.2, -0.15) is 0 Å². The second kappa shape index (κ2) is 7.67. The van der Waals surface area contributed by atoms with Crippen LogP contribution in [0.15, 0.2) is 54.6 Å². The number of piperidine rings is 1. The number of amides is 2. The van der Waals surface area contributed by atoms with Gasteiger partial charge in [-0.3, -0.25) is 4.79 Å². The van der Waals surface area contributed by atoms with E-state index >= 15 is 0 Å². The Morgan fingerprint density at radius 2 is 1.67 bits per heavy atom. The van der Waals surface area contributed by atoms with E-state index in [0.29, 0.717) is 25.4 Å². The Labute approximate surface area is 176 Å². The molecule has 3 aliphatic rings. The molecule has 0 unspecified atom stereocenters. The smallest absolute Gasteiger partial charge is 0.407 e. The number of ether oxygens (including phenoxy) is 2. The van der Waals surface area contributed by atoms with Gasteiger partial charge in [0.1, 0.15) is 18.1 Å². The highest BCUT2D eigenvalue weighted by Crippen LogP contribution is 2.42. The first-order valence-electron chi connectivity index (χ1n) is 10.7. The highest BCUT2D eigenvalue weighted by atomic mass is 16.6. The van der Waals surface area contributed by atoms with Crippen molar-refractivity contribution in [2.75, 3.05) is 19.7 Å². The summed E-state index contributed by atoms with van der Waals surface area (Å²) in [5, 5.41) is 2.86. The van der Waals surface area contributed by atoms with Crippen molar-refractivity contribution in [2.24, 2.45) is 5.92 Å². The molecule has 0 atom stereocenters. The van der Waals surface area contributed by atoms with E-state index in [1.54, 1.807) is 0 Å². The van der Waals surface area contributed by atoms with Crippen LogP contribution in [0.2, 0.25) is 0 Å². The van der Waals surface area contributed by atoms with E-state index in [1.807, 2.05) is 47.4 Å². The van der Waals surface area contributed by atoms with Gasteiger partial charge >= 0.3 is 6.09 Å². The standard InChI is InChI=1S/C24H26N2O4/c27-22(19-14-24(15-19)16-29-23(28)25-24)26-12-10-18(11-13-26)17-6-8-21(9-7-17)30-20-4-2-1-3-5-20/h1-9,18-19H,10-16H2,(H,25,28)/t19-,24+. The maximum Gasteiger partial charge on any atom is 0.407 e. The zero-order chi connectivity index (χ0) is 20.6. The maximum absolute atomic E-state index is 12.8. The molecule has 6 nitrogen and oxygen atoms in total. The molecule has 0 bridgehead atoms. The lowest BCUT2D eigenvalue weighted by atomic mass is 9.68. The molecule has 1 N–H and O–H groups in total. The molecule has 2 aromatic rings. The van der Waals surface area contributed by atoms with Crippen LogP contribution in [-0.2, 0) is 9.53 Å². The summed E-state index contributed by atoms with van der Waals surface area (Å²) in [5.41, 5.74) is 1.01. The molecule has 6 heteroatoms. The number of hydrogen-bond donors (Lipinski definition) is 1. The van der Waals surface area contributed by atoms with Gasteiger partial charge in [-0.1, -0.05) is 30.3 Å². The van der Waals surface area contributed by atoms with Crippen LogP contribution in [0.25, 0.3) is 0 Å². The predicted octanol–water partition coefficient (Wildman–Crippen LogP) is 4.07. The summed E-state index contributed by atoms with van der Waals surface area (Å²) in [4.78, 5) is 26.1. The van der Waals surface area contributed by atoms with Crippen LogP contribution in [-0.4, -0.2) is 42.1 Å². The van der Waals surface area contributed by atoms with Crippen LogP contribution in [0.5, 0.6) is 11.5 Å². The van der Waals surface area contributed by atoms with Gasteiger partial charge in [0.05, 0.1) is 5.54 Å². The third kappa shape index (κ3) is 3.74. The second-order valence-corrected chi connectivity index (χ2v) is 8.67. The Morgan fingerprint density at radius 3 is 2.30 bits per heavy atom. The molecule has 2 amide bonds. The van der Waals surface area contributed by atoms with E-state index in [4.69, 9.17) is 9.47 Å².